The van der Waals surface area contributed by atoms with Crippen molar-refractivity contribution in [2.24, 2.45) is 0 Å². The summed E-state index contributed by atoms with van der Waals surface area (Å²) in [5.41, 5.74) is 11.3. The molecule has 0 bridgehead atoms. The summed E-state index contributed by atoms with van der Waals surface area (Å²) in [4.78, 5) is 4.97. The van der Waals surface area contributed by atoms with Gasteiger partial charge in [0, 0.05) is 16.8 Å². The van der Waals surface area contributed by atoms with Crippen molar-refractivity contribution in [3.05, 3.63) is 84.9 Å². The molecule has 0 aliphatic heterocycles. The lowest BCUT2D eigenvalue weighted by molar-refractivity contribution is 1.47. The van der Waals surface area contributed by atoms with Crippen LogP contribution in [-0.2, 0) is 0 Å². The van der Waals surface area contributed by atoms with E-state index in [1.807, 2.05) is 24.3 Å². The number of fused-ring (bicyclic) bond motifs is 2. The molecule has 0 atom stereocenters. The summed E-state index contributed by atoms with van der Waals surface area (Å²) in [6, 6.07) is 29.2. The average molecular weight is 352 g/mol. The van der Waals surface area contributed by atoms with Gasteiger partial charge in [-0.15, -0.1) is 11.3 Å². The molecule has 0 aliphatic rings. The van der Waals surface area contributed by atoms with E-state index >= 15 is 0 Å². The van der Waals surface area contributed by atoms with Crippen LogP contribution in [-0.4, -0.2) is 4.98 Å². The quantitative estimate of drug-likeness (QED) is 0.375. The first kappa shape index (κ1) is 15.1. The number of hydrogen-bond acceptors (Lipinski definition) is 3. The van der Waals surface area contributed by atoms with Crippen LogP contribution in [0.4, 0.5) is 5.69 Å². The Morgan fingerprint density at radius 1 is 0.654 bits per heavy atom. The van der Waals surface area contributed by atoms with E-state index in [0.717, 1.165) is 27.3 Å². The predicted molar refractivity (Wildman–Crippen MR) is 112 cm³/mol. The van der Waals surface area contributed by atoms with Crippen LogP contribution in [0.5, 0.6) is 0 Å². The summed E-state index contributed by atoms with van der Waals surface area (Å²) >= 11 is 1.69. The second kappa shape index (κ2) is 5.97. The normalized spacial score (nSPS) is 11.2. The zero-order chi connectivity index (χ0) is 17.5. The van der Waals surface area contributed by atoms with Gasteiger partial charge >= 0.3 is 0 Å². The van der Waals surface area contributed by atoms with Crippen LogP contribution in [0.25, 0.3) is 42.7 Å². The van der Waals surface area contributed by atoms with Crippen molar-refractivity contribution in [2.75, 3.05) is 5.73 Å². The molecule has 4 aromatic carbocycles. The Kier molecular flexibility index (Phi) is 3.47. The van der Waals surface area contributed by atoms with Crippen molar-refractivity contribution in [3.8, 4) is 21.7 Å². The maximum Gasteiger partial charge on any atom is 0.126 e. The van der Waals surface area contributed by atoms with Gasteiger partial charge in [-0.3, -0.25) is 0 Å². The maximum absolute atomic E-state index is 6.16. The third-order valence-electron chi connectivity index (χ3n) is 4.69. The molecule has 5 rings (SSSR count). The SMILES string of the molecule is Nc1ccccc1-c1nc2c(-c3cccc4ccccc34)cccc2s1. The molecule has 2 N–H and O–H groups in total. The number of aromatic nitrogens is 1. The highest BCUT2D eigenvalue weighted by molar-refractivity contribution is 7.21. The van der Waals surface area contributed by atoms with Crippen molar-refractivity contribution >= 4 is 38.0 Å². The van der Waals surface area contributed by atoms with Gasteiger partial charge in [-0.2, -0.15) is 0 Å². The van der Waals surface area contributed by atoms with Crippen molar-refractivity contribution in [1.29, 1.82) is 0 Å². The Morgan fingerprint density at radius 2 is 1.35 bits per heavy atom. The number of nitrogens with two attached hydrogens (primary N) is 1. The van der Waals surface area contributed by atoms with Gasteiger partial charge in [0.05, 0.1) is 10.2 Å². The molecule has 1 heterocycles. The summed E-state index contributed by atoms with van der Waals surface area (Å²) < 4.78 is 1.17. The fourth-order valence-corrected chi connectivity index (χ4v) is 4.47. The number of rotatable bonds is 2. The molecule has 26 heavy (non-hydrogen) atoms. The molecule has 2 nitrogen and oxygen atoms in total. The van der Waals surface area contributed by atoms with E-state index in [2.05, 4.69) is 60.7 Å². The lowest BCUT2D eigenvalue weighted by Gasteiger charge is -2.07. The minimum atomic E-state index is 0.762. The van der Waals surface area contributed by atoms with Gasteiger partial charge in [0.2, 0.25) is 0 Å². The second-order valence-corrected chi connectivity index (χ2v) is 7.32. The highest BCUT2D eigenvalue weighted by Gasteiger charge is 2.13. The van der Waals surface area contributed by atoms with Gasteiger partial charge in [-0.1, -0.05) is 66.7 Å². The molecular formula is C23H16N2S. The van der Waals surface area contributed by atoms with E-state index in [4.69, 9.17) is 10.7 Å². The molecule has 5 aromatic rings. The number of thiazole rings is 1. The van der Waals surface area contributed by atoms with E-state index in [-0.39, 0.29) is 0 Å². The van der Waals surface area contributed by atoms with Gasteiger partial charge in [-0.25, -0.2) is 4.98 Å². The Labute approximate surface area is 155 Å². The van der Waals surface area contributed by atoms with E-state index in [0.29, 0.717) is 0 Å². The summed E-state index contributed by atoms with van der Waals surface area (Å²) in [6.07, 6.45) is 0. The van der Waals surface area contributed by atoms with Crippen molar-refractivity contribution in [1.82, 2.24) is 4.98 Å². The third-order valence-corrected chi connectivity index (χ3v) is 5.74. The zero-order valence-corrected chi connectivity index (χ0v) is 14.8. The number of benzene rings is 4. The molecule has 0 unspecified atom stereocenters. The first-order chi connectivity index (χ1) is 12.8. The van der Waals surface area contributed by atoms with Gasteiger partial charge < -0.3 is 5.73 Å². The summed E-state index contributed by atoms with van der Waals surface area (Å²) in [5.74, 6) is 0. The highest BCUT2D eigenvalue weighted by Crippen LogP contribution is 2.39. The fourth-order valence-electron chi connectivity index (χ4n) is 3.43. The minimum absolute atomic E-state index is 0.762. The van der Waals surface area contributed by atoms with Gasteiger partial charge in [0.25, 0.3) is 0 Å². The van der Waals surface area contributed by atoms with Crippen LogP contribution >= 0.6 is 11.3 Å². The van der Waals surface area contributed by atoms with E-state index in [1.165, 1.54) is 21.0 Å². The number of nitrogen functional groups attached to an aromatic ring is 1. The lowest BCUT2D eigenvalue weighted by Crippen LogP contribution is -1.88. The standard InChI is InChI=1S/C23H16N2S/c24-20-13-4-3-10-19(20)23-25-22-18(12-6-14-21(22)26-23)17-11-5-8-15-7-1-2-9-16(15)17/h1-14H,24H2. The van der Waals surface area contributed by atoms with Crippen molar-refractivity contribution in [2.45, 2.75) is 0 Å². The first-order valence-electron chi connectivity index (χ1n) is 8.54. The average Bonchev–Trinajstić information content (AvgIpc) is 3.12. The Bertz CT molecular complexity index is 1250. The van der Waals surface area contributed by atoms with Crippen LogP contribution in [0, 0.1) is 0 Å². The molecule has 0 amide bonds. The Morgan fingerprint density at radius 3 is 2.27 bits per heavy atom. The topological polar surface area (TPSA) is 38.9 Å². The molecule has 124 valence electrons. The molecule has 0 saturated heterocycles. The highest BCUT2D eigenvalue weighted by atomic mass is 32.1. The zero-order valence-electron chi connectivity index (χ0n) is 14.0. The number of anilines is 1. The molecule has 0 radical (unpaired) electrons. The molecular weight excluding hydrogens is 336 g/mol. The molecule has 3 heteroatoms. The minimum Gasteiger partial charge on any atom is -0.398 e. The van der Waals surface area contributed by atoms with Crippen LogP contribution in [0.15, 0.2) is 84.9 Å². The number of hydrogen-bond donors (Lipinski definition) is 1. The second-order valence-electron chi connectivity index (χ2n) is 6.29. The van der Waals surface area contributed by atoms with E-state index < -0.39 is 0 Å². The Hall–Kier alpha value is -3.17. The number of nitrogens with zero attached hydrogens (tertiary/aromatic N) is 1. The van der Waals surface area contributed by atoms with Gasteiger partial charge in [0.15, 0.2) is 0 Å². The van der Waals surface area contributed by atoms with Crippen LogP contribution in [0.1, 0.15) is 0 Å². The largest absolute Gasteiger partial charge is 0.398 e. The molecule has 0 spiro atoms. The summed E-state index contributed by atoms with van der Waals surface area (Å²) in [6.45, 7) is 0. The maximum atomic E-state index is 6.16. The van der Waals surface area contributed by atoms with Crippen molar-refractivity contribution < 1.29 is 0 Å². The van der Waals surface area contributed by atoms with Crippen LogP contribution in [0.2, 0.25) is 0 Å². The van der Waals surface area contributed by atoms with E-state index in [1.54, 1.807) is 11.3 Å². The summed E-state index contributed by atoms with van der Waals surface area (Å²) in [7, 11) is 0. The van der Waals surface area contributed by atoms with E-state index in [9.17, 15) is 0 Å². The molecule has 0 saturated carbocycles. The predicted octanol–water partition coefficient (Wildman–Crippen LogP) is 6.37. The number of para-hydroxylation sites is 2. The molecule has 0 aliphatic carbocycles. The van der Waals surface area contributed by atoms with Gasteiger partial charge in [-0.05, 0) is 34.5 Å². The smallest absolute Gasteiger partial charge is 0.126 e. The fraction of sp³-hybridized carbons (Fsp3) is 0. The monoisotopic (exact) mass is 352 g/mol. The third kappa shape index (κ3) is 2.37. The lowest BCUT2D eigenvalue weighted by atomic mass is 9.97. The first-order valence-corrected chi connectivity index (χ1v) is 9.35. The Balaban J connectivity index is 1.78. The van der Waals surface area contributed by atoms with Crippen LogP contribution < -0.4 is 5.73 Å². The van der Waals surface area contributed by atoms with Crippen molar-refractivity contribution in [3.63, 3.8) is 0 Å². The van der Waals surface area contributed by atoms with Crippen LogP contribution in [0.3, 0.4) is 0 Å². The molecule has 1 aromatic heterocycles. The summed E-state index contributed by atoms with van der Waals surface area (Å²) in [5, 5.41) is 3.45. The molecule has 0 fully saturated rings. The van der Waals surface area contributed by atoms with Gasteiger partial charge in [0.1, 0.15) is 5.01 Å².